The Labute approximate surface area is 193 Å². The van der Waals surface area contributed by atoms with Crippen molar-refractivity contribution in [1.82, 2.24) is 5.32 Å². The maximum Gasteiger partial charge on any atom is 0.253 e. The van der Waals surface area contributed by atoms with Gasteiger partial charge in [0.15, 0.2) is 0 Å². The van der Waals surface area contributed by atoms with Crippen LogP contribution < -0.4 is 15.5 Å². The van der Waals surface area contributed by atoms with E-state index >= 15 is 0 Å². The summed E-state index contributed by atoms with van der Waals surface area (Å²) < 4.78 is 0. The molecule has 0 spiro atoms. The van der Waals surface area contributed by atoms with Gasteiger partial charge in [-0.15, -0.1) is 0 Å². The van der Waals surface area contributed by atoms with Crippen molar-refractivity contribution in [2.75, 3.05) is 16.8 Å². The molecule has 168 valence electrons. The maximum absolute atomic E-state index is 13.0. The summed E-state index contributed by atoms with van der Waals surface area (Å²) in [5.41, 5.74) is 4.87. The first-order valence-electron chi connectivity index (χ1n) is 11.0. The Bertz CT molecular complexity index is 1190. The highest BCUT2D eigenvalue weighted by Gasteiger charge is 2.35. The number of nitrogens with one attached hydrogen (secondary N) is 2. The first-order chi connectivity index (χ1) is 15.9. The van der Waals surface area contributed by atoms with Crippen LogP contribution in [0.5, 0.6) is 0 Å². The molecular formula is C27H27N3O3. The number of benzene rings is 3. The van der Waals surface area contributed by atoms with Crippen molar-refractivity contribution in [3.8, 4) is 0 Å². The van der Waals surface area contributed by atoms with Gasteiger partial charge in [0.05, 0.1) is 17.2 Å². The van der Waals surface area contributed by atoms with Gasteiger partial charge in [0.25, 0.3) is 5.91 Å². The van der Waals surface area contributed by atoms with Crippen LogP contribution in [-0.2, 0) is 16.1 Å². The van der Waals surface area contributed by atoms with Crippen molar-refractivity contribution < 1.29 is 14.4 Å². The van der Waals surface area contributed by atoms with E-state index in [0.717, 1.165) is 22.4 Å². The Kier molecular flexibility index (Phi) is 6.54. The summed E-state index contributed by atoms with van der Waals surface area (Å²) in [6, 6.07) is 22.4. The van der Waals surface area contributed by atoms with Crippen LogP contribution in [-0.4, -0.2) is 24.3 Å². The van der Waals surface area contributed by atoms with Crippen molar-refractivity contribution >= 4 is 29.1 Å². The van der Waals surface area contributed by atoms with Gasteiger partial charge < -0.3 is 15.5 Å². The molecule has 3 amide bonds. The van der Waals surface area contributed by atoms with E-state index in [1.54, 1.807) is 29.2 Å². The molecule has 33 heavy (non-hydrogen) atoms. The molecule has 1 aliphatic heterocycles. The highest BCUT2D eigenvalue weighted by molar-refractivity contribution is 6.07. The molecule has 0 radical (unpaired) electrons. The standard InChI is InChI=1S/C27H27N3O3/c1-18-12-13-22(14-19(18)2)30-17-21(15-25(30)31)26(32)29-24-11-7-6-10-23(24)27(33)28-16-20-8-4-3-5-9-20/h3-14,21H,15-17H2,1-2H3,(H,28,33)(H,29,32). The summed E-state index contributed by atoms with van der Waals surface area (Å²) in [4.78, 5) is 40.0. The van der Waals surface area contributed by atoms with E-state index in [4.69, 9.17) is 0 Å². The second kappa shape index (κ2) is 9.69. The maximum atomic E-state index is 13.0. The van der Waals surface area contributed by atoms with Crippen molar-refractivity contribution in [2.45, 2.75) is 26.8 Å². The van der Waals surface area contributed by atoms with E-state index in [9.17, 15) is 14.4 Å². The quantitative estimate of drug-likeness (QED) is 0.601. The molecule has 0 saturated carbocycles. The zero-order valence-electron chi connectivity index (χ0n) is 18.8. The van der Waals surface area contributed by atoms with Gasteiger partial charge in [-0.05, 0) is 54.8 Å². The largest absolute Gasteiger partial charge is 0.348 e. The molecule has 1 unspecified atom stereocenters. The fourth-order valence-electron chi connectivity index (χ4n) is 3.92. The molecule has 1 saturated heterocycles. The SMILES string of the molecule is Cc1ccc(N2CC(C(=O)Nc3ccccc3C(=O)NCc3ccccc3)CC2=O)cc1C. The lowest BCUT2D eigenvalue weighted by atomic mass is 10.1. The van der Waals surface area contributed by atoms with E-state index in [-0.39, 0.29) is 24.1 Å². The predicted molar refractivity (Wildman–Crippen MR) is 129 cm³/mol. The van der Waals surface area contributed by atoms with Crippen molar-refractivity contribution in [3.63, 3.8) is 0 Å². The number of nitrogens with zero attached hydrogens (tertiary/aromatic N) is 1. The third kappa shape index (κ3) is 5.12. The lowest BCUT2D eigenvalue weighted by Crippen LogP contribution is -2.29. The molecule has 3 aromatic rings. The Morgan fingerprint density at radius 2 is 1.67 bits per heavy atom. The molecule has 0 bridgehead atoms. The molecule has 4 rings (SSSR count). The van der Waals surface area contributed by atoms with E-state index in [1.807, 2.05) is 62.4 Å². The summed E-state index contributed by atoms with van der Waals surface area (Å²) in [5.74, 6) is -1.10. The molecule has 1 atom stereocenters. The van der Waals surface area contributed by atoms with Gasteiger partial charge in [-0.3, -0.25) is 14.4 Å². The third-order valence-corrected chi connectivity index (χ3v) is 6.02. The smallest absolute Gasteiger partial charge is 0.253 e. The average Bonchev–Trinajstić information content (AvgIpc) is 3.22. The molecule has 6 nitrogen and oxygen atoms in total. The predicted octanol–water partition coefficient (Wildman–Crippen LogP) is 4.23. The van der Waals surface area contributed by atoms with Crippen molar-refractivity contribution in [3.05, 3.63) is 95.1 Å². The number of hydrogen-bond donors (Lipinski definition) is 2. The Morgan fingerprint density at radius 1 is 0.939 bits per heavy atom. The number of hydrogen-bond acceptors (Lipinski definition) is 3. The van der Waals surface area contributed by atoms with Crippen LogP contribution in [0.3, 0.4) is 0 Å². The van der Waals surface area contributed by atoms with Gasteiger partial charge in [0, 0.05) is 25.2 Å². The number of anilines is 2. The highest BCUT2D eigenvalue weighted by Crippen LogP contribution is 2.28. The Hall–Kier alpha value is -3.93. The summed E-state index contributed by atoms with van der Waals surface area (Å²) in [5, 5.41) is 5.76. The molecule has 2 N–H and O–H groups in total. The van der Waals surface area contributed by atoms with Crippen molar-refractivity contribution in [2.24, 2.45) is 5.92 Å². The molecule has 0 aliphatic carbocycles. The number of rotatable bonds is 6. The van der Waals surface area contributed by atoms with Gasteiger partial charge in [-0.1, -0.05) is 48.5 Å². The van der Waals surface area contributed by atoms with E-state index in [1.165, 1.54) is 0 Å². The molecule has 1 heterocycles. The fourth-order valence-corrected chi connectivity index (χ4v) is 3.92. The van der Waals surface area contributed by atoms with Crippen LogP contribution in [0, 0.1) is 19.8 Å². The number of carbonyl (C=O) groups is 3. The summed E-state index contributed by atoms with van der Waals surface area (Å²) in [6.45, 7) is 4.73. The number of amides is 3. The second-order valence-electron chi connectivity index (χ2n) is 8.38. The van der Waals surface area contributed by atoms with Gasteiger partial charge >= 0.3 is 0 Å². The molecule has 1 aliphatic rings. The molecule has 0 aromatic heterocycles. The van der Waals surface area contributed by atoms with Crippen LogP contribution in [0.1, 0.15) is 33.5 Å². The normalized spacial score (nSPS) is 15.4. The molecule has 6 heteroatoms. The van der Waals surface area contributed by atoms with E-state index in [0.29, 0.717) is 24.3 Å². The van der Waals surface area contributed by atoms with Gasteiger partial charge in [-0.2, -0.15) is 0 Å². The third-order valence-electron chi connectivity index (χ3n) is 6.02. The topological polar surface area (TPSA) is 78.5 Å². The van der Waals surface area contributed by atoms with Crippen LogP contribution in [0.2, 0.25) is 0 Å². The summed E-state index contributed by atoms with van der Waals surface area (Å²) >= 11 is 0. The minimum absolute atomic E-state index is 0.0766. The van der Waals surface area contributed by atoms with Crippen LogP contribution in [0.4, 0.5) is 11.4 Å². The second-order valence-corrected chi connectivity index (χ2v) is 8.38. The zero-order valence-corrected chi connectivity index (χ0v) is 18.8. The molecule has 3 aromatic carbocycles. The minimum Gasteiger partial charge on any atom is -0.348 e. The Morgan fingerprint density at radius 3 is 2.42 bits per heavy atom. The van der Waals surface area contributed by atoms with Gasteiger partial charge in [0.1, 0.15) is 0 Å². The minimum atomic E-state index is -0.487. The lowest BCUT2D eigenvalue weighted by Gasteiger charge is -2.18. The summed E-state index contributed by atoms with van der Waals surface area (Å²) in [7, 11) is 0. The molecule has 1 fully saturated rings. The highest BCUT2D eigenvalue weighted by atomic mass is 16.2. The number of carbonyl (C=O) groups excluding carboxylic acids is 3. The van der Waals surface area contributed by atoms with E-state index in [2.05, 4.69) is 10.6 Å². The van der Waals surface area contributed by atoms with Gasteiger partial charge in [-0.25, -0.2) is 0 Å². The monoisotopic (exact) mass is 441 g/mol. The van der Waals surface area contributed by atoms with Gasteiger partial charge in [0.2, 0.25) is 11.8 Å². The van der Waals surface area contributed by atoms with E-state index < -0.39 is 5.92 Å². The fraction of sp³-hybridized carbons (Fsp3) is 0.222. The van der Waals surface area contributed by atoms with Crippen LogP contribution in [0.15, 0.2) is 72.8 Å². The Balaban J connectivity index is 1.43. The van der Waals surface area contributed by atoms with Crippen molar-refractivity contribution in [1.29, 1.82) is 0 Å². The number of para-hydroxylation sites is 1. The van der Waals surface area contributed by atoms with Crippen LogP contribution in [0.25, 0.3) is 0 Å². The number of aryl methyl sites for hydroxylation is 2. The molecular weight excluding hydrogens is 414 g/mol. The first kappa shape index (κ1) is 22.3. The van der Waals surface area contributed by atoms with Crippen LogP contribution >= 0.6 is 0 Å². The summed E-state index contributed by atoms with van der Waals surface area (Å²) in [6.07, 6.45) is 0.140. The zero-order chi connectivity index (χ0) is 23.4. The lowest BCUT2D eigenvalue weighted by molar-refractivity contribution is -0.122. The first-order valence-corrected chi connectivity index (χ1v) is 11.0. The average molecular weight is 442 g/mol.